The molecule has 1 amide bonds. The van der Waals surface area contributed by atoms with E-state index in [4.69, 9.17) is 4.98 Å². The van der Waals surface area contributed by atoms with E-state index in [1.165, 1.54) is 0 Å². The molecule has 2 aromatic heterocycles. The van der Waals surface area contributed by atoms with Crippen molar-refractivity contribution in [2.24, 2.45) is 0 Å². The minimum atomic E-state index is 0.124. The van der Waals surface area contributed by atoms with Crippen LogP contribution in [0.5, 0.6) is 0 Å². The van der Waals surface area contributed by atoms with E-state index in [0.717, 1.165) is 36.1 Å². The Morgan fingerprint density at radius 2 is 2.42 bits per heavy atom. The Kier molecular flexibility index (Phi) is 3.39. The minimum absolute atomic E-state index is 0.124. The number of thiazole rings is 1. The predicted octanol–water partition coefficient (Wildman–Crippen LogP) is 0.441. The molecule has 2 aromatic rings. The smallest absolute Gasteiger partial charge is 0.221 e. The average Bonchev–Trinajstić information content (AvgIpc) is 2.90. The highest BCUT2D eigenvalue weighted by atomic mass is 32.1. The van der Waals surface area contributed by atoms with Crippen molar-refractivity contribution in [1.82, 2.24) is 20.0 Å². The van der Waals surface area contributed by atoms with Crippen LogP contribution in [0.4, 0.5) is 5.82 Å². The summed E-state index contributed by atoms with van der Waals surface area (Å²) in [5, 5.41) is 8.13. The van der Waals surface area contributed by atoms with Crippen LogP contribution < -0.4 is 15.5 Å². The van der Waals surface area contributed by atoms with E-state index >= 15 is 0 Å². The summed E-state index contributed by atoms with van der Waals surface area (Å²) in [4.78, 5) is 19.3. The SMILES string of the molecule is CNCc1c(N2CCNC(=O)CC2)nc2sccn12. The summed E-state index contributed by atoms with van der Waals surface area (Å²) < 4.78 is 2.12. The maximum Gasteiger partial charge on any atom is 0.221 e. The number of amides is 1. The number of carbonyl (C=O) groups excluding carboxylic acids is 1. The molecule has 0 saturated carbocycles. The molecule has 0 bridgehead atoms. The van der Waals surface area contributed by atoms with Crippen LogP contribution in [0.2, 0.25) is 0 Å². The zero-order valence-corrected chi connectivity index (χ0v) is 11.7. The Balaban J connectivity index is 1.96. The number of anilines is 1. The normalized spacial score (nSPS) is 16.7. The van der Waals surface area contributed by atoms with Crippen molar-refractivity contribution in [1.29, 1.82) is 0 Å². The maximum atomic E-state index is 11.4. The summed E-state index contributed by atoms with van der Waals surface area (Å²) >= 11 is 1.63. The van der Waals surface area contributed by atoms with Crippen molar-refractivity contribution in [2.45, 2.75) is 13.0 Å². The predicted molar refractivity (Wildman–Crippen MR) is 75.7 cm³/mol. The average molecular weight is 279 g/mol. The first-order valence-corrected chi connectivity index (χ1v) is 7.28. The van der Waals surface area contributed by atoms with Crippen molar-refractivity contribution in [3.63, 3.8) is 0 Å². The third-order valence-electron chi connectivity index (χ3n) is 3.30. The lowest BCUT2D eigenvalue weighted by molar-refractivity contribution is -0.120. The molecule has 0 spiro atoms. The second kappa shape index (κ2) is 5.18. The van der Waals surface area contributed by atoms with Crippen LogP contribution >= 0.6 is 11.3 Å². The topological polar surface area (TPSA) is 61.7 Å². The van der Waals surface area contributed by atoms with Gasteiger partial charge < -0.3 is 15.5 Å². The van der Waals surface area contributed by atoms with Crippen LogP contribution in [-0.2, 0) is 11.3 Å². The molecule has 6 nitrogen and oxygen atoms in total. The first-order chi connectivity index (χ1) is 9.29. The molecule has 0 radical (unpaired) electrons. The molecule has 7 heteroatoms. The van der Waals surface area contributed by atoms with Crippen molar-refractivity contribution in [3.05, 3.63) is 17.3 Å². The van der Waals surface area contributed by atoms with E-state index < -0.39 is 0 Å². The highest BCUT2D eigenvalue weighted by Gasteiger charge is 2.21. The quantitative estimate of drug-likeness (QED) is 0.856. The fourth-order valence-corrected chi connectivity index (χ4v) is 3.11. The molecule has 3 heterocycles. The number of aromatic nitrogens is 2. The van der Waals surface area contributed by atoms with Gasteiger partial charge in [-0.3, -0.25) is 9.20 Å². The molecule has 1 aliphatic rings. The van der Waals surface area contributed by atoms with Gasteiger partial charge in [-0.2, -0.15) is 0 Å². The monoisotopic (exact) mass is 279 g/mol. The Bertz CT molecular complexity index is 590. The highest BCUT2D eigenvalue weighted by Crippen LogP contribution is 2.25. The second-order valence-corrected chi connectivity index (χ2v) is 5.43. The van der Waals surface area contributed by atoms with Gasteiger partial charge in [0, 0.05) is 44.2 Å². The molecule has 0 unspecified atom stereocenters. The number of imidazole rings is 1. The number of nitrogens with one attached hydrogen (secondary N) is 2. The van der Waals surface area contributed by atoms with Gasteiger partial charge in [-0.25, -0.2) is 4.98 Å². The number of hydrogen-bond donors (Lipinski definition) is 2. The van der Waals surface area contributed by atoms with Crippen LogP contribution in [0.25, 0.3) is 4.96 Å². The number of rotatable bonds is 3. The third-order valence-corrected chi connectivity index (χ3v) is 4.05. The van der Waals surface area contributed by atoms with E-state index in [-0.39, 0.29) is 5.91 Å². The first-order valence-electron chi connectivity index (χ1n) is 6.40. The zero-order valence-electron chi connectivity index (χ0n) is 10.8. The Morgan fingerprint density at radius 3 is 3.26 bits per heavy atom. The summed E-state index contributed by atoms with van der Waals surface area (Å²) in [5.41, 5.74) is 1.16. The molecule has 0 atom stereocenters. The lowest BCUT2D eigenvalue weighted by Gasteiger charge is -2.20. The molecule has 19 heavy (non-hydrogen) atoms. The number of hydrogen-bond acceptors (Lipinski definition) is 5. The zero-order chi connectivity index (χ0) is 13.2. The second-order valence-electron chi connectivity index (χ2n) is 4.56. The van der Waals surface area contributed by atoms with E-state index in [0.29, 0.717) is 13.0 Å². The molecular formula is C12H17N5OS. The van der Waals surface area contributed by atoms with Crippen LogP contribution in [0, 0.1) is 0 Å². The molecule has 0 aliphatic carbocycles. The van der Waals surface area contributed by atoms with Crippen molar-refractivity contribution < 1.29 is 4.79 Å². The molecule has 2 N–H and O–H groups in total. The van der Waals surface area contributed by atoms with E-state index in [1.807, 2.05) is 18.6 Å². The lowest BCUT2D eigenvalue weighted by Crippen LogP contribution is -2.29. The van der Waals surface area contributed by atoms with Gasteiger partial charge in [0.1, 0.15) is 0 Å². The van der Waals surface area contributed by atoms with Gasteiger partial charge >= 0.3 is 0 Å². The Morgan fingerprint density at radius 1 is 1.53 bits per heavy atom. The van der Waals surface area contributed by atoms with Crippen LogP contribution in [0.1, 0.15) is 12.1 Å². The van der Waals surface area contributed by atoms with E-state index in [2.05, 4.69) is 19.9 Å². The number of nitrogens with zero attached hydrogens (tertiary/aromatic N) is 3. The Hall–Kier alpha value is -1.60. The number of fused-ring (bicyclic) bond motifs is 1. The minimum Gasteiger partial charge on any atom is -0.354 e. The van der Waals surface area contributed by atoms with Crippen molar-refractivity contribution in [3.8, 4) is 0 Å². The standard InChI is InChI=1S/C12H17N5OS/c1-13-8-9-11(15-12-17(9)6-7-19-12)16-4-2-10(18)14-3-5-16/h6-7,13H,2-5,8H2,1H3,(H,14,18). The van der Waals surface area contributed by atoms with Crippen molar-refractivity contribution in [2.75, 3.05) is 31.6 Å². The van der Waals surface area contributed by atoms with Crippen LogP contribution in [0.15, 0.2) is 11.6 Å². The third kappa shape index (κ3) is 2.31. The fourth-order valence-electron chi connectivity index (χ4n) is 2.38. The summed E-state index contributed by atoms with van der Waals surface area (Å²) in [5.74, 6) is 1.12. The van der Waals surface area contributed by atoms with Crippen molar-refractivity contribution >= 4 is 28.0 Å². The van der Waals surface area contributed by atoms with Gasteiger partial charge in [0.15, 0.2) is 10.8 Å². The molecular weight excluding hydrogens is 262 g/mol. The van der Waals surface area contributed by atoms with Gasteiger partial charge in [0.2, 0.25) is 5.91 Å². The summed E-state index contributed by atoms with van der Waals surface area (Å²) in [6.07, 6.45) is 2.58. The summed E-state index contributed by atoms with van der Waals surface area (Å²) in [6, 6.07) is 0. The highest BCUT2D eigenvalue weighted by molar-refractivity contribution is 7.15. The molecule has 1 aliphatic heterocycles. The molecule has 1 fully saturated rings. The first kappa shape index (κ1) is 12.4. The molecule has 102 valence electrons. The molecule has 3 rings (SSSR count). The van der Waals surface area contributed by atoms with Gasteiger partial charge in [0.25, 0.3) is 0 Å². The largest absolute Gasteiger partial charge is 0.354 e. The molecule has 1 saturated heterocycles. The van der Waals surface area contributed by atoms with Gasteiger partial charge in [0.05, 0.1) is 5.69 Å². The van der Waals surface area contributed by atoms with Gasteiger partial charge in [-0.1, -0.05) is 0 Å². The molecule has 0 aromatic carbocycles. The number of carbonyl (C=O) groups is 1. The maximum absolute atomic E-state index is 11.4. The van der Waals surface area contributed by atoms with Crippen LogP contribution in [-0.4, -0.2) is 42.0 Å². The van der Waals surface area contributed by atoms with E-state index in [9.17, 15) is 4.79 Å². The van der Waals surface area contributed by atoms with Crippen LogP contribution in [0.3, 0.4) is 0 Å². The fraction of sp³-hybridized carbons (Fsp3) is 0.500. The van der Waals surface area contributed by atoms with Gasteiger partial charge in [-0.05, 0) is 7.05 Å². The van der Waals surface area contributed by atoms with Gasteiger partial charge in [-0.15, -0.1) is 11.3 Å². The lowest BCUT2D eigenvalue weighted by atomic mass is 10.3. The summed E-state index contributed by atoms with van der Waals surface area (Å²) in [6.45, 7) is 2.99. The Labute approximate surface area is 115 Å². The summed E-state index contributed by atoms with van der Waals surface area (Å²) in [7, 11) is 1.93. The van der Waals surface area contributed by atoms with E-state index in [1.54, 1.807) is 11.3 Å².